The Labute approximate surface area is 286 Å². The van der Waals surface area contributed by atoms with E-state index in [0.29, 0.717) is 27.9 Å². The van der Waals surface area contributed by atoms with E-state index >= 15 is 0 Å². The number of rotatable bonds is 7. The standard InChI is InChI=1S/C38H36FNO10/c39-24-12-10-23(11-13-24)38(50-35-31(45)29(43)30(44)32(49-35)34(46)47)17-15-37(16-18-38)33(40(36(37)48)25-6-2-1-3-7-25)27-14-9-22(20-28(27)42)21-5-4-8-26(41)19-21/h1-14,19-20,29-33,35,41-45H,15-18H2,(H,46,47)/t29-,30-,31?,32?,33+,35-,37?,38?/m0/s1. The topological polar surface area (TPSA) is 177 Å². The summed E-state index contributed by atoms with van der Waals surface area (Å²) >= 11 is 0. The van der Waals surface area contributed by atoms with E-state index in [1.165, 1.54) is 24.3 Å². The minimum atomic E-state index is -1.91. The lowest BCUT2D eigenvalue weighted by Crippen LogP contribution is -2.66. The van der Waals surface area contributed by atoms with E-state index in [-0.39, 0.29) is 43.1 Å². The number of carbonyl (C=O) groups is 2. The van der Waals surface area contributed by atoms with Gasteiger partial charge in [-0.25, -0.2) is 9.18 Å². The second-order valence-corrected chi connectivity index (χ2v) is 13.2. The van der Waals surface area contributed by atoms with Gasteiger partial charge in [0, 0.05) is 11.3 Å². The molecule has 6 atom stereocenters. The Morgan fingerprint density at radius 2 is 1.48 bits per heavy atom. The largest absolute Gasteiger partial charge is 0.508 e. The van der Waals surface area contributed by atoms with Gasteiger partial charge in [-0.15, -0.1) is 0 Å². The molecule has 11 nitrogen and oxygen atoms in total. The Balaban J connectivity index is 1.25. The van der Waals surface area contributed by atoms with Crippen molar-refractivity contribution in [3.8, 4) is 22.6 Å². The second kappa shape index (κ2) is 12.8. The molecule has 3 fully saturated rings. The SMILES string of the molecule is O=C(O)C1O[C@@H](OC2(c3ccc(F)cc3)CCC3(CC2)C(=O)N(c2ccccc2)[C@@H]3c2ccc(-c3cccc(O)c3)cc2O)C(O)[C@@H](O)[C@@H]1O. The number of hydrogen-bond acceptors (Lipinski definition) is 9. The first kappa shape index (κ1) is 33.6. The summed E-state index contributed by atoms with van der Waals surface area (Å²) in [6.45, 7) is 0. The molecule has 2 aliphatic heterocycles. The van der Waals surface area contributed by atoms with Crippen LogP contribution in [0.2, 0.25) is 0 Å². The number of para-hydroxylation sites is 1. The van der Waals surface area contributed by atoms with Gasteiger partial charge in [0.1, 0.15) is 35.6 Å². The van der Waals surface area contributed by atoms with Crippen LogP contribution in [0.15, 0.2) is 97.1 Å². The van der Waals surface area contributed by atoms with E-state index in [4.69, 9.17) is 9.47 Å². The van der Waals surface area contributed by atoms with Gasteiger partial charge in [0.05, 0.1) is 17.1 Å². The van der Waals surface area contributed by atoms with Crippen molar-refractivity contribution >= 4 is 17.6 Å². The first-order chi connectivity index (χ1) is 23.9. The molecule has 1 spiro atoms. The monoisotopic (exact) mass is 685 g/mol. The van der Waals surface area contributed by atoms with Crippen LogP contribution in [-0.4, -0.2) is 73.2 Å². The Bertz CT molecular complexity index is 1900. The highest BCUT2D eigenvalue weighted by molar-refractivity contribution is 6.06. The van der Waals surface area contributed by atoms with Gasteiger partial charge in [0.25, 0.3) is 0 Å². The van der Waals surface area contributed by atoms with Gasteiger partial charge in [-0.05, 0) is 84.8 Å². The number of hydrogen-bond donors (Lipinski definition) is 6. The first-order valence-corrected chi connectivity index (χ1v) is 16.3. The number of carboxylic acid groups (broad SMARTS) is 1. The number of phenolic OH excluding ortho intramolecular Hbond substituents is 2. The van der Waals surface area contributed by atoms with E-state index in [2.05, 4.69) is 0 Å². The molecule has 2 saturated heterocycles. The predicted molar refractivity (Wildman–Crippen MR) is 176 cm³/mol. The molecule has 7 rings (SSSR count). The van der Waals surface area contributed by atoms with Crippen molar-refractivity contribution in [3.63, 3.8) is 0 Å². The minimum Gasteiger partial charge on any atom is -0.508 e. The smallest absolute Gasteiger partial charge is 0.335 e. The number of aliphatic hydroxyl groups is 3. The molecule has 0 radical (unpaired) electrons. The number of aromatic hydroxyl groups is 2. The zero-order chi connectivity index (χ0) is 35.4. The number of phenols is 2. The fraction of sp³-hybridized carbons (Fsp3) is 0.316. The molecule has 1 aliphatic carbocycles. The molecule has 4 aromatic carbocycles. The van der Waals surface area contributed by atoms with Gasteiger partial charge in [-0.1, -0.05) is 54.6 Å². The summed E-state index contributed by atoms with van der Waals surface area (Å²) in [4.78, 5) is 27.8. The third-order valence-corrected chi connectivity index (χ3v) is 10.4. The highest BCUT2D eigenvalue weighted by Crippen LogP contribution is 2.63. The van der Waals surface area contributed by atoms with Crippen LogP contribution in [0.5, 0.6) is 11.5 Å². The highest BCUT2D eigenvalue weighted by atomic mass is 19.1. The average molecular weight is 686 g/mol. The van der Waals surface area contributed by atoms with Gasteiger partial charge in [0.15, 0.2) is 12.4 Å². The van der Waals surface area contributed by atoms with E-state index in [9.17, 15) is 44.6 Å². The third kappa shape index (κ3) is 5.59. The van der Waals surface area contributed by atoms with Gasteiger partial charge in [0.2, 0.25) is 5.91 Å². The Kier molecular flexibility index (Phi) is 8.61. The van der Waals surface area contributed by atoms with Crippen LogP contribution in [0.3, 0.4) is 0 Å². The van der Waals surface area contributed by atoms with Gasteiger partial charge >= 0.3 is 5.97 Å². The second-order valence-electron chi connectivity index (χ2n) is 13.2. The number of carbonyl (C=O) groups excluding carboxylic acids is 1. The van der Waals surface area contributed by atoms with Crippen LogP contribution in [-0.2, 0) is 24.7 Å². The lowest BCUT2D eigenvalue weighted by Gasteiger charge is -2.60. The molecule has 1 saturated carbocycles. The number of aliphatic carboxylic acids is 1. The van der Waals surface area contributed by atoms with Crippen molar-refractivity contribution in [2.24, 2.45) is 5.41 Å². The molecule has 6 N–H and O–H groups in total. The van der Waals surface area contributed by atoms with Gasteiger partial charge in [-0.3, -0.25) is 4.79 Å². The number of benzene rings is 4. The number of anilines is 1. The number of aliphatic hydroxyl groups excluding tert-OH is 3. The lowest BCUT2D eigenvalue weighted by molar-refractivity contribution is -0.328. The van der Waals surface area contributed by atoms with E-state index in [1.54, 1.807) is 41.3 Å². The Morgan fingerprint density at radius 3 is 2.12 bits per heavy atom. The first-order valence-electron chi connectivity index (χ1n) is 16.3. The normalized spacial score (nSPS) is 31.0. The zero-order valence-electron chi connectivity index (χ0n) is 26.7. The quantitative estimate of drug-likeness (QED) is 0.153. The summed E-state index contributed by atoms with van der Waals surface area (Å²) in [6.07, 6.45) is -8.51. The third-order valence-electron chi connectivity index (χ3n) is 10.4. The van der Waals surface area contributed by atoms with Crippen LogP contribution in [0.25, 0.3) is 11.1 Å². The minimum absolute atomic E-state index is 0.0405. The molecule has 4 aromatic rings. The molecule has 0 bridgehead atoms. The molecule has 1 amide bonds. The number of nitrogens with zero attached hydrogens (tertiary/aromatic N) is 1. The fourth-order valence-electron chi connectivity index (χ4n) is 7.77. The number of ether oxygens (including phenoxy) is 2. The number of amides is 1. The summed E-state index contributed by atoms with van der Waals surface area (Å²) < 4.78 is 26.0. The summed E-state index contributed by atoms with van der Waals surface area (Å²) in [5, 5.41) is 62.7. The number of carboxylic acids is 1. The van der Waals surface area contributed by atoms with Crippen LogP contribution in [0, 0.1) is 11.2 Å². The van der Waals surface area contributed by atoms with Crippen molar-refractivity contribution in [2.75, 3.05) is 4.90 Å². The molecular weight excluding hydrogens is 649 g/mol. The van der Waals surface area contributed by atoms with E-state index in [1.807, 2.05) is 36.4 Å². The van der Waals surface area contributed by atoms with E-state index in [0.717, 1.165) is 0 Å². The lowest BCUT2D eigenvalue weighted by atomic mass is 9.56. The zero-order valence-corrected chi connectivity index (χ0v) is 26.7. The van der Waals surface area contributed by atoms with Crippen LogP contribution in [0.1, 0.15) is 42.9 Å². The molecule has 50 heavy (non-hydrogen) atoms. The van der Waals surface area contributed by atoms with Crippen molar-refractivity contribution in [1.29, 1.82) is 0 Å². The number of halogens is 1. The van der Waals surface area contributed by atoms with Gasteiger partial charge < -0.3 is 45.0 Å². The molecule has 3 aliphatic rings. The predicted octanol–water partition coefficient (Wildman–Crippen LogP) is 4.36. The molecule has 12 heteroatoms. The molecular formula is C38H36FNO10. The molecule has 0 aromatic heterocycles. The molecule has 260 valence electrons. The fourth-order valence-corrected chi connectivity index (χ4v) is 7.77. The van der Waals surface area contributed by atoms with Crippen LogP contribution >= 0.6 is 0 Å². The van der Waals surface area contributed by atoms with Crippen LogP contribution < -0.4 is 4.90 Å². The maximum absolute atomic E-state index is 14.3. The Hall–Kier alpha value is -4.85. The maximum Gasteiger partial charge on any atom is 0.335 e. The van der Waals surface area contributed by atoms with Crippen molar-refractivity contribution in [2.45, 2.75) is 68.0 Å². The number of β-lactam (4-membered cyclic amide) rings is 1. The molecule has 2 unspecified atom stereocenters. The summed E-state index contributed by atoms with van der Waals surface area (Å²) in [5.74, 6) is -2.20. The van der Waals surface area contributed by atoms with Crippen molar-refractivity contribution in [3.05, 3.63) is 114 Å². The van der Waals surface area contributed by atoms with Gasteiger partial charge in [-0.2, -0.15) is 0 Å². The average Bonchev–Trinajstić information content (AvgIpc) is 3.11. The highest BCUT2D eigenvalue weighted by Gasteiger charge is 2.65. The maximum atomic E-state index is 14.3. The summed E-state index contributed by atoms with van der Waals surface area (Å²) in [7, 11) is 0. The van der Waals surface area contributed by atoms with Crippen molar-refractivity contribution < 1.29 is 54.1 Å². The Morgan fingerprint density at radius 1 is 0.800 bits per heavy atom. The summed E-state index contributed by atoms with van der Waals surface area (Å²) in [5.41, 5.74) is 0.659. The van der Waals surface area contributed by atoms with E-state index < -0.39 is 59.6 Å². The van der Waals surface area contributed by atoms with Crippen molar-refractivity contribution in [1.82, 2.24) is 0 Å². The van der Waals surface area contributed by atoms with Crippen LogP contribution in [0.4, 0.5) is 10.1 Å². The molecule has 2 heterocycles. The summed E-state index contributed by atoms with van der Waals surface area (Å²) in [6, 6.07) is 25.8.